The Bertz CT molecular complexity index is 618. The lowest BCUT2D eigenvalue weighted by molar-refractivity contribution is -0.137. The average molecular weight is 294 g/mol. The third-order valence-electron chi connectivity index (χ3n) is 3.44. The Morgan fingerprint density at radius 3 is 2.33 bits per heavy atom. The summed E-state index contributed by atoms with van der Waals surface area (Å²) in [5.74, 6) is 0. The third-order valence-corrected chi connectivity index (χ3v) is 3.44. The largest absolute Gasteiger partial charge is 0.417 e. The quantitative estimate of drug-likeness (QED) is 0.924. The van der Waals surface area contributed by atoms with Gasteiger partial charge < -0.3 is 5.32 Å². The normalized spacial score (nSPS) is 13.2. The Balaban J connectivity index is 2.40. The third kappa shape index (κ3) is 3.42. The zero-order valence-corrected chi connectivity index (χ0v) is 12.1. The van der Waals surface area contributed by atoms with Gasteiger partial charge in [0.2, 0.25) is 0 Å². The number of nitrogens with one attached hydrogen (secondary N) is 1. The summed E-state index contributed by atoms with van der Waals surface area (Å²) in [6.07, 6.45) is -3.48. The molecule has 0 aliphatic heterocycles. The van der Waals surface area contributed by atoms with E-state index in [0.29, 0.717) is 5.69 Å². The predicted octanol–water partition coefficient (Wildman–Crippen LogP) is 4.03. The van der Waals surface area contributed by atoms with E-state index < -0.39 is 11.7 Å². The minimum atomic E-state index is -4.36. The first-order chi connectivity index (χ1) is 9.82. The molecule has 0 saturated heterocycles. The second kappa shape index (κ2) is 5.85. The first-order valence-corrected chi connectivity index (χ1v) is 6.60. The molecule has 2 aromatic rings. The highest BCUT2D eigenvalue weighted by atomic mass is 19.4. The lowest BCUT2D eigenvalue weighted by Gasteiger charge is -2.19. The molecule has 1 atom stereocenters. The number of halogens is 3. The molecule has 0 spiro atoms. The van der Waals surface area contributed by atoms with Crippen LogP contribution >= 0.6 is 0 Å². The standard InChI is InChI=1S/C16H17F3N2/c1-10-4-5-11(2)13(8-10)15(20-3)14-7-6-12(9-21-14)16(17,18)19/h4-9,15,20H,1-3H3. The van der Waals surface area contributed by atoms with Gasteiger partial charge in [-0.1, -0.05) is 23.8 Å². The Labute approximate surface area is 122 Å². The van der Waals surface area contributed by atoms with Crippen molar-refractivity contribution >= 4 is 0 Å². The highest BCUT2D eigenvalue weighted by Crippen LogP contribution is 2.30. The van der Waals surface area contributed by atoms with Gasteiger partial charge in [-0.05, 0) is 44.2 Å². The number of hydrogen-bond acceptors (Lipinski definition) is 2. The summed E-state index contributed by atoms with van der Waals surface area (Å²) < 4.78 is 37.8. The molecule has 5 heteroatoms. The minimum absolute atomic E-state index is 0.229. The van der Waals surface area contributed by atoms with E-state index in [0.717, 1.165) is 29.0 Å². The van der Waals surface area contributed by atoms with Crippen molar-refractivity contribution in [3.8, 4) is 0 Å². The van der Waals surface area contributed by atoms with Crippen molar-refractivity contribution in [3.05, 3.63) is 64.5 Å². The molecule has 1 aromatic heterocycles. The lowest BCUT2D eigenvalue weighted by Crippen LogP contribution is -2.20. The van der Waals surface area contributed by atoms with E-state index in [4.69, 9.17) is 0 Å². The molecule has 0 aliphatic rings. The number of benzene rings is 1. The number of aromatic nitrogens is 1. The summed E-state index contributed by atoms with van der Waals surface area (Å²) >= 11 is 0. The number of aryl methyl sites for hydroxylation is 2. The van der Waals surface area contributed by atoms with E-state index in [-0.39, 0.29) is 6.04 Å². The first-order valence-electron chi connectivity index (χ1n) is 6.60. The Morgan fingerprint density at radius 1 is 1.10 bits per heavy atom. The van der Waals surface area contributed by atoms with Crippen LogP contribution in [0.5, 0.6) is 0 Å². The van der Waals surface area contributed by atoms with Crippen molar-refractivity contribution < 1.29 is 13.2 Å². The van der Waals surface area contributed by atoms with Crippen LogP contribution in [0, 0.1) is 13.8 Å². The molecular weight excluding hydrogens is 277 g/mol. The average Bonchev–Trinajstić information content (AvgIpc) is 2.43. The van der Waals surface area contributed by atoms with Crippen LogP contribution in [-0.4, -0.2) is 12.0 Å². The zero-order valence-electron chi connectivity index (χ0n) is 12.1. The molecule has 0 fully saturated rings. The Hall–Kier alpha value is -1.88. The maximum absolute atomic E-state index is 12.6. The second-order valence-corrected chi connectivity index (χ2v) is 5.05. The van der Waals surface area contributed by atoms with Crippen LogP contribution in [0.2, 0.25) is 0 Å². The molecular formula is C16H17F3N2. The molecule has 0 aliphatic carbocycles. The van der Waals surface area contributed by atoms with E-state index >= 15 is 0 Å². The lowest BCUT2D eigenvalue weighted by atomic mass is 9.96. The number of rotatable bonds is 3. The summed E-state index contributed by atoms with van der Waals surface area (Å²) in [5.41, 5.74) is 3.02. The van der Waals surface area contributed by atoms with Crippen LogP contribution in [0.1, 0.15) is 34.0 Å². The molecule has 1 unspecified atom stereocenters. The van der Waals surface area contributed by atoms with E-state index in [1.807, 2.05) is 32.0 Å². The predicted molar refractivity (Wildman–Crippen MR) is 76.1 cm³/mol. The first kappa shape index (κ1) is 15.5. The van der Waals surface area contributed by atoms with E-state index in [1.54, 1.807) is 7.05 Å². The fourth-order valence-corrected chi connectivity index (χ4v) is 2.28. The summed E-state index contributed by atoms with van der Waals surface area (Å²) in [7, 11) is 1.77. The Morgan fingerprint density at radius 2 is 1.81 bits per heavy atom. The van der Waals surface area contributed by atoms with Crippen molar-refractivity contribution in [2.45, 2.75) is 26.1 Å². The molecule has 2 rings (SSSR count). The molecule has 1 N–H and O–H groups in total. The summed E-state index contributed by atoms with van der Waals surface area (Å²) in [5, 5.41) is 3.12. The van der Waals surface area contributed by atoms with Crippen molar-refractivity contribution in [1.82, 2.24) is 10.3 Å². The number of pyridine rings is 1. The minimum Gasteiger partial charge on any atom is -0.308 e. The van der Waals surface area contributed by atoms with Crippen LogP contribution in [0.15, 0.2) is 36.5 Å². The van der Waals surface area contributed by atoms with Crippen molar-refractivity contribution in [3.63, 3.8) is 0 Å². The number of hydrogen-bond donors (Lipinski definition) is 1. The van der Waals surface area contributed by atoms with Gasteiger partial charge in [-0.2, -0.15) is 13.2 Å². The molecule has 0 amide bonds. The maximum Gasteiger partial charge on any atom is 0.417 e. The Kier molecular flexibility index (Phi) is 4.32. The van der Waals surface area contributed by atoms with Crippen molar-refractivity contribution in [2.75, 3.05) is 7.05 Å². The fraction of sp³-hybridized carbons (Fsp3) is 0.312. The van der Waals surface area contributed by atoms with Gasteiger partial charge in [-0.3, -0.25) is 4.98 Å². The second-order valence-electron chi connectivity index (χ2n) is 5.05. The fourth-order valence-electron chi connectivity index (χ4n) is 2.28. The van der Waals surface area contributed by atoms with Crippen LogP contribution in [0.3, 0.4) is 0 Å². The smallest absolute Gasteiger partial charge is 0.308 e. The van der Waals surface area contributed by atoms with E-state index in [9.17, 15) is 13.2 Å². The molecule has 21 heavy (non-hydrogen) atoms. The highest BCUT2D eigenvalue weighted by Gasteiger charge is 2.31. The topological polar surface area (TPSA) is 24.9 Å². The molecule has 0 radical (unpaired) electrons. The van der Waals surface area contributed by atoms with Gasteiger partial charge in [0.1, 0.15) is 0 Å². The van der Waals surface area contributed by atoms with Gasteiger partial charge in [0.05, 0.1) is 17.3 Å². The van der Waals surface area contributed by atoms with Crippen LogP contribution in [0.25, 0.3) is 0 Å². The van der Waals surface area contributed by atoms with Crippen LogP contribution in [0.4, 0.5) is 13.2 Å². The van der Waals surface area contributed by atoms with E-state index in [1.165, 1.54) is 6.07 Å². The molecule has 1 heterocycles. The number of nitrogens with zero attached hydrogens (tertiary/aromatic N) is 1. The summed E-state index contributed by atoms with van der Waals surface area (Å²) in [4.78, 5) is 3.98. The zero-order chi connectivity index (χ0) is 15.6. The molecule has 1 aromatic carbocycles. The van der Waals surface area contributed by atoms with Gasteiger partial charge in [-0.25, -0.2) is 0 Å². The van der Waals surface area contributed by atoms with Gasteiger partial charge in [0.25, 0.3) is 0 Å². The van der Waals surface area contributed by atoms with Gasteiger partial charge in [-0.15, -0.1) is 0 Å². The molecule has 0 saturated carbocycles. The number of alkyl halides is 3. The monoisotopic (exact) mass is 294 g/mol. The molecule has 0 bridgehead atoms. The van der Waals surface area contributed by atoms with Crippen molar-refractivity contribution in [2.24, 2.45) is 0 Å². The van der Waals surface area contributed by atoms with Gasteiger partial charge >= 0.3 is 6.18 Å². The SMILES string of the molecule is CNC(c1ccc(C(F)(F)F)cn1)c1cc(C)ccc1C. The summed E-state index contributed by atoms with van der Waals surface area (Å²) in [6.45, 7) is 3.96. The van der Waals surface area contributed by atoms with Gasteiger partial charge in [0.15, 0.2) is 0 Å². The highest BCUT2D eigenvalue weighted by molar-refractivity contribution is 5.37. The molecule has 112 valence electrons. The maximum atomic E-state index is 12.6. The van der Waals surface area contributed by atoms with E-state index in [2.05, 4.69) is 10.3 Å². The van der Waals surface area contributed by atoms with Crippen LogP contribution in [-0.2, 0) is 6.18 Å². The summed E-state index contributed by atoms with van der Waals surface area (Å²) in [6, 6.07) is 8.29. The van der Waals surface area contributed by atoms with Gasteiger partial charge in [0, 0.05) is 6.20 Å². The van der Waals surface area contributed by atoms with Crippen LogP contribution < -0.4 is 5.32 Å². The van der Waals surface area contributed by atoms with Crippen molar-refractivity contribution in [1.29, 1.82) is 0 Å². The molecule has 2 nitrogen and oxygen atoms in total.